The second-order valence-electron chi connectivity index (χ2n) is 5.47. The van der Waals surface area contributed by atoms with Crippen LogP contribution in [-0.4, -0.2) is 18.3 Å². The number of aryl methyl sites for hydroxylation is 1. The number of hydrogen-bond donors (Lipinski definition) is 1. The smallest absolute Gasteiger partial charge is 0.161 e. The van der Waals surface area contributed by atoms with E-state index in [-0.39, 0.29) is 0 Å². The van der Waals surface area contributed by atoms with E-state index >= 15 is 0 Å². The molecule has 1 aliphatic heterocycles. The predicted molar refractivity (Wildman–Crippen MR) is 81.9 cm³/mol. The van der Waals surface area contributed by atoms with Gasteiger partial charge in [-0.25, -0.2) is 0 Å². The van der Waals surface area contributed by atoms with Crippen LogP contribution in [0, 0.1) is 6.92 Å². The highest BCUT2D eigenvalue weighted by molar-refractivity contribution is 5.44. The summed E-state index contributed by atoms with van der Waals surface area (Å²) in [5.74, 6) is 1.49. The molecule has 0 radical (unpaired) electrons. The van der Waals surface area contributed by atoms with Gasteiger partial charge >= 0.3 is 0 Å². The molecule has 0 saturated heterocycles. The van der Waals surface area contributed by atoms with Gasteiger partial charge in [-0.05, 0) is 30.2 Å². The maximum absolute atomic E-state index is 10.4. The summed E-state index contributed by atoms with van der Waals surface area (Å²) in [6, 6.07) is 13.9. The van der Waals surface area contributed by atoms with Crippen molar-refractivity contribution in [1.29, 1.82) is 0 Å². The minimum absolute atomic E-state index is 0.538. The Labute approximate surface area is 125 Å². The van der Waals surface area contributed by atoms with Crippen molar-refractivity contribution in [3.63, 3.8) is 0 Å². The molecule has 3 nitrogen and oxygen atoms in total. The summed E-state index contributed by atoms with van der Waals surface area (Å²) in [5, 5.41) is 10.4. The number of aliphatic hydroxyl groups excluding tert-OH is 1. The summed E-state index contributed by atoms with van der Waals surface area (Å²) < 4.78 is 11.3. The number of benzene rings is 2. The molecule has 3 rings (SSSR count). The Morgan fingerprint density at radius 1 is 1.05 bits per heavy atom. The molecular weight excluding hydrogens is 264 g/mol. The molecule has 0 aromatic heterocycles. The molecule has 21 heavy (non-hydrogen) atoms. The zero-order valence-corrected chi connectivity index (χ0v) is 12.2. The quantitative estimate of drug-likeness (QED) is 0.938. The molecule has 0 spiro atoms. The van der Waals surface area contributed by atoms with Crippen molar-refractivity contribution < 1.29 is 14.6 Å². The lowest BCUT2D eigenvalue weighted by molar-refractivity contribution is 0.178. The molecule has 3 heteroatoms. The molecule has 1 atom stereocenters. The highest BCUT2D eigenvalue weighted by Crippen LogP contribution is 2.33. The van der Waals surface area contributed by atoms with Crippen molar-refractivity contribution in [2.75, 3.05) is 13.2 Å². The van der Waals surface area contributed by atoms with Gasteiger partial charge in [-0.2, -0.15) is 0 Å². The highest BCUT2D eigenvalue weighted by Gasteiger charge is 2.15. The Morgan fingerprint density at radius 3 is 2.67 bits per heavy atom. The van der Waals surface area contributed by atoms with Crippen LogP contribution in [0.4, 0.5) is 0 Å². The molecule has 1 N–H and O–H groups in total. The zero-order valence-electron chi connectivity index (χ0n) is 12.2. The van der Waals surface area contributed by atoms with Crippen LogP contribution in [0.3, 0.4) is 0 Å². The fraction of sp³-hybridized carbons (Fsp3) is 0.333. The summed E-state index contributed by atoms with van der Waals surface area (Å²) in [5.41, 5.74) is 3.20. The van der Waals surface area contributed by atoms with E-state index in [0.717, 1.165) is 29.0 Å². The Hall–Kier alpha value is -2.00. The largest absolute Gasteiger partial charge is 0.490 e. The van der Waals surface area contributed by atoms with Crippen molar-refractivity contribution >= 4 is 0 Å². The number of hydrogen-bond acceptors (Lipinski definition) is 3. The number of rotatable bonds is 3. The topological polar surface area (TPSA) is 38.7 Å². The van der Waals surface area contributed by atoms with Crippen molar-refractivity contribution in [2.24, 2.45) is 0 Å². The van der Waals surface area contributed by atoms with E-state index in [9.17, 15) is 5.11 Å². The van der Waals surface area contributed by atoms with E-state index in [2.05, 4.69) is 19.1 Å². The maximum Gasteiger partial charge on any atom is 0.161 e. The SMILES string of the molecule is Cc1cccc(CC(O)c2ccc3c(c2)OCCCO3)c1. The van der Waals surface area contributed by atoms with Crippen molar-refractivity contribution in [3.8, 4) is 11.5 Å². The molecule has 2 aromatic carbocycles. The first-order valence-corrected chi connectivity index (χ1v) is 7.35. The third kappa shape index (κ3) is 3.37. The van der Waals surface area contributed by atoms with Gasteiger partial charge in [-0.1, -0.05) is 35.9 Å². The summed E-state index contributed by atoms with van der Waals surface area (Å²) in [6.07, 6.45) is 0.945. The number of aliphatic hydroxyl groups is 1. The van der Waals surface area contributed by atoms with Gasteiger partial charge in [0.25, 0.3) is 0 Å². The Kier molecular flexibility index (Phi) is 4.11. The van der Waals surface area contributed by atoms with Gasteiger partial charge in [0.05, 0.1) is 19.3 Å². The molecule has 2 aromatic rings. The molecule has 1 heterocycles. The zero-order chi connectivity index (χ0) is 14.7. The summed E-state index contributed by atoms with van der Waals surface area (Å²) in [4.78, 5) is 0. The number of fused-ring (bicyclic) bond motifs is 1. The first-order valence-electron chi connectivity index (χ1n) is 7.35. The molecule has 1 aliphatic rings. The van der Waals surface area contributed by atoms with Gasteiger partial charge in [-0.15, -0.1) is 0 Å². The van der Waals surface area contributed by atoms with Crippen LogP contribution in [0.25, 0.3) is 0 Å². The Bertz CT molecular complexity index is 622. The Morgan fingerprint density at radius 2 is 1.86 bits per heavy atom. The van der Waals surface area contributed by atoms with Gasteiger partial charge in [0.15, 0.2) is 11.5 Å². The van der Waals surface area contributed by atoms with Gasteiger partial charge in [0.1, 0.15) is 0 Å². The van der Waals surface area contributed by atoms with Crippen molar-refractivity contribution in [2.45, 2.75) is 25.9 Å². The van der Waals surface area contributed by atoms with Crippen LogP contribution in [0.5, 0.6) is 11.5 Å². The molecule has 1 unspecified atom stereocenters. The average Bonchev–Trinajstić information content (AvgIpc) is 2.71. The monoisotopic (exact) mass is 284 g/mol. The van der Waals surface area contributed by atoms with Crippen molar-refractivity contribution in [3.05, 3.63) is 59.2 Å². The van der Waals surface area contributed by atoms with Gasteiger partial charge < -0.3 is 14.6 Å². The normalized spacial score (nSPS) is 15.3. The fourth-order valence-corrected chi connectivity index (χ4v) is 2.57. The van der Waals surface area contributed by atoms with Gasteiger partial charge in [-0.3, -0.25) is 0 Å². The molecule has 0 amide bonds. The summed E-state index contributed by atoms with van der Waals surface area (Å²) >= 11 is 0. The lowest BCUT2D eigenvalue weighted by atomic mass is 10.00. The third-order valence-corrected chi connectivity index (χ3v) is 3.67. The van der Waals surface area contributed by atoms with Crippen LogP contribution in [-0.2, 0) is 6.42 Å². The van der Waals surface area contributed by atoms with Crippen LogP contribution >= 0.6 is 0 Å². The lowest BCUT2D eigenvalue weighted by Crippen LogP contribution is -2.03. The van der Waals surface area contributed by atoms with E-state index in [1.54, 1.807) is 0 Å². The second-order valence-corrected chi connectivity index (χ2v) is 5.47. The molecule has 0 bridgehead atoms. The maximum atomic E-state index is 10.4. The van der Waals surface area contributed by atoms with E-state index < -0.39 is 6.10 Å². The number of ether oxygens (including phenoxy) is 2. The van der Waals surface area contributed by atoms with E-state index in [1.165, 1.54) is 5.56 Å². The summed E-state index contributed by atoms with van der Waals surface area (Å²) in [7, 11) is 0. The van der Waals surface area contributed by atoms with E-state index in [4.69, 9.17) is 9.47 Å². The average molecular weight is 284 g/mol. The fourth-order valence-electron chi connectivity index (χ4n) is 2.57. The minimum Gasteiger partial charge on any atom is -0.490 e. The van der Waals surface area contributed by atoms with Crippen LogP contribution in [0.1, 0.15) is 29.2 Å². The standard InChI is InChI=1S/C18H20O3/c1-13-4-2-5-14(10-13)11-16(19)15-6-7-17-18(12-15)21-9-3-8-20-17/h2,4-7,10,12,16,19H,3,8-9,11H2,1H3. The predicted octanol–water partition coefficient (Wildman–Crippen LogP) is 3.43. The molecule has 0 fully saturated rings. The molecule has 0 saturated carbocycles. The molecule has 110 valence electrons. The third-order valence-electron chi connectivity index (χ3n) is 3.67. The highest BCUT2D eigenvalue weighted by atomic mass is 16.5. The van der Waals surface area contributed by atoms with Crippen LogP contribution in [0.15, 0.2) is 42.5 Å². The minimum atomic E-state index is -0.538. The molecular formula is C18H20O3. The lowest BCUT2D eigenvalue weighted by Gasteiger charge is -2.14. The van der Waals surface area contributed by atoms with Crippen LogP contribution < -0.4 is 9.47 Å². The van der Waals surface area contributed by atoms with Gasteiger partial charge in [0.2, 0.25) is 0 Å². The first kappa shape index (κ1) is 14.0. The van der Waals surface area contributed by atoms with E-state index in [0.29, 0.717) is 19.6 Å². The Balaban J connectivity index is 1.78. The second kappa shape index (κ2) is 6.19. The molecule has 0 aliphatic carbocycles. The van der Waals surface area contributed by atoms with Crippen LogP contribution in [0.2, 0.25) is 0 Å². The summed E-state index contributed by atoms with van der Waals surface area (Å²) in [6.45, 7) is 3.39. The van der Waals surface area contributed by atoms with Crippen molar-refractivity contribution in [1.82, 2.24) is 0 Å². The first-order chi connectivity index (χ1) is 10.2. The van der Waals surface area contributed by atoms with Gasteiger partial charge in [0, 0.05) is 12.8 Å². The van der Waals surface area contributed by atoms with E-state index in [1.807, 2.05) is 30.3 Å².